The lowest BCUT2D eigenvalue weighted by Crippen LogP contribution is -2.16. The van der Waals surface area contributed by atoms with Crippen molar-refractivity contribution in [1.29, 1.82) is 0 Å². The number of phenols is 1. The standard InChI is InChI=1S/C23H25NO3.ClH/c1-26-23-15-18(12-13-24-16-20-8-5-9-21(25)14-20)10-11-22(23)27-17-19-6-3-2-4-7-19;/h2-11,14-15,24-25H,12-13,16-17H2,1H3;1H. The average Bonchev–Trinajstić information content (AvgIpc) is 2.71. The molecule has 0 aliphatic rings. The fourth-order valence-corrected chi connectivity index (χ4v) is 2.85. The number of methoxy groups -OCH3 is 1. The van der Waals surface area contributed by atoms with Crippen LogP contribution in [0.25, 0.3) is 0 Å². The van der Waals surface area contributed by atoms with E-state index in [2.05, 4.69) is 11.4 Å². The third-order valence-corrected chi connectivity index (χ3v) is 4.30. The van der Waals surface area contributed by atoms with Crippen molar-refractivity contribution in [3.63, 3.8) is 0 Å². The monoisotopic (exact) mass is 399 g/mol. The van der Waals surface area contributed by atoms with Gasteiger partial charge in [0, 0.05) is 6.54 Å². The molecule has 4 nitrogen and oxygen atoms in total. The lowest BCUT2D eigenvalue weighted by Gasteiger charge is -2.13. The summed E-state index contributed by atoms with van der Waals surface area (Å²) in [6.45, 7) is 2.08. The van der Waals surface area contributed by atoms with E-state index in [4.69, 9.17) is 9.47 Å². The quantitative estimate of drug-likeness (QED) is 0.510. The lowest BCUT2D eigenvalue weighted by atomic mass is 10.1. The van der Waals surface area contributed by atoms with E-state index in [1.165, 1.54) is 5.56 Å². The van der Waals surface area contributed by atoms with Crippen LogP contribution in [0.1, 0.15) is 16.7 Å². The number of benzene rings is 3. The largest absolute Gasteiger partial charge is 0.508 e. The molecule has 0 spiro atoms. The van der Waals surface area contributed by atoms with Crippen molar-refractivity contribution in [3.8, 4) is 17.2 Å². The molecule has 0 aliphatic heterocycles. The van der Waals surface area contributed by atoms with Gasteiger partial charge in [0.05, 0.1) is 7.11 Å². The highest BCUT2D eigenvalue weighted by Gasteiger charge is 2.06. The molecule has 148 valence electrons. The van der Waals surface area contributed by atoms with Crippen molar-refractivity contribution in [3.05, 3.63) is 89.5 Å². The van der Waals surface area contributed by atoms with Crippen molar-refractivity contribution in [2.45, 2.75) is 19.6 Å². The Morgan fingerprint density at radius 3 is 2.36 bits per heavy atom. The molecule has 3 aromatic rings. The van der Waals surface area contributed by atoms with Gasteiger partial charge in [-0.3, -0.25) is 0 Å². The fourth-order valence-electron chi connectivity index (χ4n) is 2.85. The van der Waals surface area contributed by atoms with E-state index in [1.807, 2.05) is 54.6 Å². The summed E-state index contributed by atoms with van der Waals surface area (Å²) in [5.74, 6) is 1.79. The van der Waals surface area contributed by atoms with Crippen LogP contribution in [0.5, 0.6) is 17.2 Å². The van der Waals surface area contributed by atoms with Gasteiger partial charge in [0.15, 0.2) is 11.5 Å². The molecule has 0 fully saturated rings. The zero-order valence-corrected chi connectivity index (χ0v) is 16.7. The molecule has 0 saturated carbocycles. The first-order chi connectivity index (χ1) is 13.2. The minimum Gasteiger partial charge on any atom is -0.508 e. The third kappa shape index (κ3) is 6.48. The van der Waals surface area contributed by atoms with E-state index in [9.17, 15) is 5.11 Å². The Balaban J connectivity index is 0.00000280. The van der Waals surface area contributed by atoms with Gasteiger partial charge in [0.1, 0.15) is 12.4 Å². The predicted octanol–water partition coefficient (Wildman–Crippen LogP) is 4.73. The van der Waals surface area contributed by atoms with Gasteiger partial charge in [0.2, 0.25) is 0 Å². The molecule has 0 bridgehead atoms. The Bertz CT molecular complexity index is 855. The second-order valence-corrected chi connectivity index (χ2v) is 6.36. The Labute approximate surface area is 172 Å². The summed E-state index contributed by atoms with van der Waals surface area (Å²) in [5.41, 5.74) is 3.37. The second-order valence-electron chi connectivity index (χ2n) is 6.36. The first-order valence-electron chi connectivity index (χ1n) is 9.07. The van der Waals surface area contributed by atoms with Gasteiger partial charge in [-0.05, 0) is 53.9 Å². The molecular weight excluding hydrogens is 374 g/mol. The first-order valence-corrected chi connectivity index (χ1v) is 9.07. The highest BCUT2D eigenvalue weighted by molar-refractivity contribution is 5.85. The summed E-state index contributed by atoms with van der Waals surface area (Å²) in [7, 11) is 1.66. The molecule has 0 saturated heterocycles. The Kier molecular flexibility index (Phi) is 8.66. The molecule has 0 heterocycles. The average molecular weight is 400 g/mol. The van der Waals surface area contributed by atoms with Gasteiger partial charge in [-0.15, -0.1) is 12.4 Å². The van der Waals surface area contributed by atoms with Gasteiger partial charge in [-0.1, -0.05) is 48.5 Å². The van der Waals surface area contributed by atoms with Crippen LogP contribution < -0.4 is 14.8 Å². The Morgan fingerprint density at radius 2 is 1.61 bits per heavy atom. The molecule has 2 N–H and O–H groups in total. The summed E-state index contributed by atoms with van der Waals surface area (Å²) in [4.78, 5) is 0. The van der Waals surface area contributed by atoms with Gasteiger partial charge in [0.25, 0.3) is 0 Å². The SMILES string of the molecule is COc1cc(CCNCc2cccc(O)c2)ccc1OCc1ccccc1.Cl. The number of aromatic hydroxyl groups is 1. The van der Waals surface area contributed by atoms with E-state index in [-0.39, 0.29) is 12.4 Å². The van der Waals surface area contributed by atoms with Gasteiger partial charge < -0.3 is 19.9 Å². The molecular formula is C23H26ClNO3. The van der Waals surface area contributed by atoms with Crippen molar-refractivity contribution in [1.82, 2.24) is 5.32 Å². The van der Waals surface area contributed by atoms with Crippen LogP contribution in [-0.2, 0) is 19.6 Å². The van der Waals surface area contributed by atoms with E-state index in [1.54, 1.807) is 19.2 Å². The van der Waals surface area contributed by atoms with Crippen LogP contribution >= 0.6 is 12.4 Å². The maximum atomic E-state index is 9.49. The van der Waals surface area contributed by atoms with E-state index < -0.39 is 0 Å². The molecule has 0 radical (unpaired) electrons. The summed E-state index contributed by atoms with van der Waals surface area (Å²) in [6, 6.07) is 23.4. The first kappa shape index (κ1) is 21.6. The summed E-state index contributed by atoms with van der Waals surface area (Å²) in [5, 5.41) is 12.9. The van der Waals surface area contributed by atoms with Crippen LogP contribution in [0.4, 0.5) is 0 Å². The van der Waals surface area contributed by atoms with Crippen LogP contribution in [0, 0.1) is 0 Å². The minimum atomic E-state index is 0. The van der Waals surface area contributed by atoms with Crippen molar-refractivity contribution in [2.75, 3.05) is 13.7 Å². The zero-order valence-electron chi connectivity index (χ0n) is 15.9. The molecule has 0 amide bonds. The Morgan fingerprint density at radius 1 is 0.821 bits per heavy atom. The van der Waals surface area contributed by atoms with Gasteiger partial charge in [-0.25, -0.2) is 0 Å². The lowest BCUT2D eigenvalue weighted by molar-refractivity contribution is 0.284. The maximum absolute atomic E-state index is 9.49. The van der Waals surface area contributed by atoms with Crippen LogP contribution in [0.15, 0.2) is 72.8 Å². The Hall–Kier alpha value is -2.69. The summed E-state index contributed by atoms with van der Waals surface area (Å²) < 4.78 is 11.4. The van der Waals surface area contributed by atoms with Gasteiger partial charge >= 0.3 is 0 Å². The number of hydrogen-bond acceptors (Lipinski definition) is 4. The molecule has 3 rings (SSSR count). The number of nitrogens with one attached hydrogen (secondary N) is 1. The second kappa shape index (κ2) is 11.2. The van der Waals surface area contributed by atoms with E-state index >= 15 is 0 Å². The third-order valence-electron chi connectivity index (χ3n) is 4.30. The number of rotatable bonds is 9. The van der Waals surface area contributed by atoms with Crippen LogP contribution in [0.3, 0.4) is 0 Å². The molecule has 28 heavy (non-hydrogen) atoms. The molecule has 3 aromatic carbocycles. The molecule has 0 atom stereocenters. The van der Waals surface area contributed by atoms with E-state index in [0.717, 1.165) is 42.1 Å². The smallest absolute Gasteiger partial charge is 0.161 e. The minimum absolute atomic E-state index is 0. The zero-order chi connectivity index (χ0) is 18.9. The van der Waals surface area contributed by atoms with Crippen molar-refractivity contribution in [2.24, 2.45) is 0 Å². The number of hydrogen-bond donors (Lipinski definition) is 2. The number of phenolic OH excluding ortho intramolecular Hbond substituents is 1. The fraction of sp³-hybridized carbons (Fsp3) is 0.217. The molecule has 0 aliphatic carbocycles. The number of ether oxygens (including phenoxy) is 2. The highest BCUT2D eigenvalue weighted by Crippen LogP contribution is 2.29. The normalized spacial score (nSPS) is 10.2. The number of halogens is 1. The van der Waals surface area contributed by atoms with Crippen molar-refractivity contribution >= 4 is 12.4 Å². The molecule has 5 heteroatoms. The van der Waals surface area contributed by atoms with Crippen LogP contribution in [0.2, 0.25) is 0 Å². The molecule has 0 aromatic heterocycles. The summed E-state index contributed by atoms with van der Waals surface area (Å²) >= 11 is 0. The highest BCUT2D eigenvalue weighted by atomic mass is 35.5. The predicted molar refractivity (Wildman–Crippen MR) is 115 cm³/mol. The topological polar surface area (TPSA) is 50.7 Å². The van der Waals surface area contributed by atoms with Crippen LogP contribution in [-0.4, -0.2) is 18.8 Å². The maximum Gasteiger partial charge on any atom is 0.161 e. The van der Waals surface area contributed by atoms with E-state index in [0.29, 0.717) is 12.4 Å². The van der Waals surface area contributed by atoms with Crippen molar-refractivity contribution < 1.29 is 14.6 Å². The summed E-state index contributed by atoms with van der Waals surface area (Å²) in [6.07, 6.45) is 0.883. The van der Waals surface area contributed by atoms with Gasteiger partial charge in [-0.2, -0.15) is 0 Å². The molecule has 0 unspecified atom stereocenters.